The fourth-order valence-electron chi connectivity index (χ4n) is 7.58. The van der Waals surface area contributed by atoms with Crippen LogP contribution >= 0.6 is 23.2 Å². The van der Waals surface area contributed by atoms with Gasteiger partial charge in [-0.2, -0.15) is 0 Å². The van der Waals surface area contributed by atoms with Gasteiger partial charge in [0.05, 0.1) is 18.2 Å². The van der Waals surface area contributed by atoms with Gasteiger partial charge in [-0.3, -0.25) is 9.59 Å². The Morgan fingerprint density at radius 1 is 0.597 bits per heavy atom. The third-order valence-electron chi connectivity index (χ3n) is 10.8. The molecule has 2 saturated heterocycles. The predicted molar refractivity (Wildman–Crippen MR) is 249 cm³/mol. The quantitative estimate of drug-likeness (QED) is 0.155. The molecule has 0 unspecified atom stereocenters. The van der Waals surface area contributed by atoms with Crippen molar-refractivity contribution >= 4 is 47.2 Å². The molecule has 0 bridgehead atoms. The SMILES string of the molecule is C.CC(C)(C)OC(=O)N1CCC(C[C@H](NC(=O)c2ccc(Cl)cc2)c2ccccc2)CC1.CC(C)OC(=O)N1CCC(C[C@H](NC(=O)c2ccc(Cl)cc2)c2ccccc2)CC1. The number of likely N-dealkylation sites (tertiary alicyclic amines) is 2. The molecule has 0 spiro atoms. The number of amides is 4. The molecular formula is C50H64Cl2N4O6. The summed E-state index contributed by atoms with van der Waals surface area (Å²) in [4.78, 5) is 53.6. The van der Waals surface area contributed by atoms with E-state index >= 15 is 0 Å². The van der Waals surface area contributed by atoms with E-state index in [-0.39, 0.29) is 49.6 Å². The molecule has 0 radical (unpaired) electrons. The molecule has 0 aliphatic carbocycles. The monoisotopic (exact) mass is 886 g/mol. The molecule has 12 heteroatoms. The number of nitrogens with one attached hydrogen (secondary N) is 2. The summed E-state index contributed by atoms with van der Waals surface area (Å²) < 4.78 is 10.8. The lowest BCUT2D eigenvalue weighted by atomic mass is 9.87. The topological polar surface area (TPSA) is 117 Å². The predicted octanol–water partition coefficient (Wildman–Crippen LogP) is 11.9. The first-order valence-electron chi connectivity index (χ1n) is 21.3. The minimum absolute atomic E-state index is 0. The molecule has 0 aromatic heterocycles. The number of hydrogen-bond donors (Lipinski definition) is 2. The smallest absolute Gasteiger partial charge is 0.410 e. The zero-order valence-corrected chi connectivity index (χ0v) is 37.5. The Morgan fingerprint density at radius 2 is 0.952 bits per heavy atom. The molecule has 4 aromatic rings. The average molecular weight is 888 g/mol. The number of hydrogen-bond acceptors (Lipinski definition) is 6. The van der Waals surface area contributed by atoms with Crippen LogP contribution in [-0.4, -0.2) is 71.7 Å². The highest BCUT2D eigenvalue weighted by Crippen LogP contribution is 2.31. The van der Waals surface area contributed by atoms with E-state index in [1.807, 2.05) is 95.3 Å². The summed E-state index contributed by atoms with van der Waals surface area (Å²) in [6.07, 6.45) is 4.63. The second kappa shape index (κ2) is 24.0. The molecule has 62 heavy (non-hydrogen) atoms. The van der Waals surface area contributed by atoms with Crippen LogP contribution in [0.5, 0.6) is 0 Å². The normalized spacial score (nSPS) is 15.5. The van der Waals surface area contributed by atoms with Gasteiger partial charge in [0, 0.05) is 47.4 Å². The van der Waals surface area contributed by atoms with Crippen molar-refractivity contribution in [3.8, 4) is 0 Å². The number of nitrogens with zero attached hydrogens (tertiary/aromatic N) is 2. The van der Waals surface area contributed by atoms with Crippen molar-refractivity contribution in [2.75, 3.05) is 26.2 Å². The van der Waals surface area contributed by atoms with Crippen molar-refractivity contribution in [2.24, 2.45) is 11.8 Å². The van der Waals surface area contributed by atoms with Crippen molar-refractivity contribution in [3.05, 3.63) is 141 Å². The van der Waals surface area contributed by atoms with Crippen molar-refractivity contribution in [1.82, 2.24) is 20.4 Å². The largest absolute Gasteiger partial charge is 0.447 e. The minimum atomic E-state index is -0.488. The lowest BCUT2D eigenvalue weighted by Crippen LogP contribution is -2.42. The Balaban J connectivity index is 0.000000268. The molecule has 2 heterocycles. The van der Waals surface area contributed by atoms with E-state index in [9.17, 15) is 19.2 Å². The van der Waals surface area contributed by atoms with E-state index in [2.05, 4.69) is 10.6 Å². The van der Waals surface area contributed by atoms with Gasteiger partial charge in [-0.25, -0.2) is 9.59 Å². The Kier molecular flexibility index (Phi) is 19.2. The first kappa shape index (κ1) is 49.6. The average Bonchev–Trinajstić information content (AvgIpc) is 3.24. The number of ether oxygens (including phenoxy) is 2. The highest BCUT2D eigenvalue weighted by Gasteiger charge is 2.30. The highest BCUT2D eigenvalue weighted by atomic mass is 35.5. The van der Waals surface area contributed by atoms with Crippen LogP contribution in [0.4, 0.5) is 9.59 Å². The number of carbonyl (C=O) groups excluding carboxylic acids is 4. The van der Waals surface area contributed by atoms with E-state index in [1.165, 1.54) is 0 Å². The van der Waals surface area contributed by atoms with Gasteiger partial charge >= 0.3 is 12.2 Å². The van der Waals surface area contributed by atoms with Gasteiger partial charge in [0.1, 0.15) is 5.60 Å². The minimum Gasteiger partial charge on any atom is -0.447 e. The van der Waals surface area contributed by atoms with E-state index in [1.54, 1.807) is 58.3 Å². The number of benzene rings is 4. The molecule has 10 nitrogen and oxygen atoms in total. The van der Waals surface area contributed by atoms with E-state index in [0.717, 1.165) is 49.7 Å². The summed E-state index contributed by atoms with van der Waals surface area (Å²) in [7, 11) is 0. The first-order chi connectivity index (χ1) is 29.1. The summed E-state index contributed by atoms with van der Waals surface area (Å²) >= 11 is 11.9. The summed E-state index contributed by atoms with van der Waals surface area (Å²) in [5.74, 6) is 0.605. The van der Waals surface area contributed by atoms with Gasteiger partial charge in [-0.05, 0) is 145 Å². The van der Waals surface area contributed by atoms with Crippen LogP contribution in [0.15, 0.2) is 109 Å². The molecule has 4 amide bonds. The van der Waals surface area contributed by atoms with Gasteiger partial charge in [-0.15, -0.1) is 0 Å². The Hall–Kier alpha value is -5.06. The second-order valence-corrected chi connectivity index (χ2v) is 18.0. The lowest BCUT2D eigenvalue weighted by Gasteiger charge is -2.35. The van der Waals surface area contributed by atoms with Crippen molar-refractivity contribution in [2.45, 2.75) is 104 Å². The number of rotatable bonds is 11. The molecular weight excluding hydrogens is 823 g/mol. The van der Waals surface area contributed by atoms with Crippen LogP contribution < -0.4 is 10.6 Å². The zero-order chi connectivity index (χ0) is 43.9. The van der Waals surface area contributed by atoms with Crippen LogP contribution in [0.3, 0.4) is 0 Å². The van der Waals surface area contributed by atoms with Gasteiger partial charge in [0.25, 0.3) is 11.8 Å². The molecule has 6 rings (SSSR count). The van der Waals surface area contributed by atoms with E-state index < -0.39 is 5.60 Å². The summed E-state index contributed by atoms with van der Waals surface area (Å²) in [6, 6.07) is 33.7. The maximum Gasteiger partial charge on any atom is 0.410 e. The summed E-state index contributed by atoms with van der Waals surface area (Å²) in [6.45, 7) is 12.1. The second-order valence-electron chi connectivity index (χ2n) is 17.1. The molecule has 334 valence electrons. The molecule has 0 saturated carbocycles. The molecule has 2 aliphatic rings. The third-order valence-corrected chi connectivity index (χ3v) is 11.3. The molecule has 2 aliphatic heterocycles. The summed E-state index contributed by atoms with van der Waals surface area (Å²) in [5, 5.41) is 7.59. The molecule has 2 N–H and O–H groups in total. The molecule has 4 aromatic carbocycles. The van der Waals surface area contributed by atoms with E-state index in [4.69, 9.17) is 32.7 Å². The van der Waals surface area contributed by atoms with Crippen LogP contribution in [-0.2, 0) is 9.47 Å². The maximum atomic E-state index is 12.8. The number of carbonyl (C=O) groups is 4. The standard InChI is InChI=1S/C25H31ClN2O3.C24H29ClN2O3.CH4/c1-25(2,3)31-24(30)28-15-13-18(14-16-28)17-22(19-7-5-4-6-8-19)27-23(29)20-9-11-21(26)12-10-20;1-17(2)30-24(29)27-14-12-18(13-15-27)16-22(19-6-4-3-5-7-19)26-23(28)20-8-10-21(25)11-9-20;/h4-12,18,22H,13-17H2,1-3H3,(H,27,29);3-11,17-18,22H,12-16H2,1-2H3,(H,26,28);1H4/t2*22-;/m00./s1. The Bertz CT molecular complexity index is 1990. The van der Waals surface area contributed by atoms with Gasteiger partial charge in [0.15, 0.2) is 0 Å². The van der Waals surface area contributed by atoms with E-state index in [0.29, 0.717) is 59.2 Å². The fraction of sp³-hybridized carbons (Fsp3) is 0.440. The summed E-state index contributed by atoms with van der Waals surface area (Å²) in [5.41, 5.74) is 2.86. The highest BCUT2D eigenvalue weighted by molar-refractivity contribution is 6.31. The number of halogens is 2. The molecule has 2 fully saturated rings. The zero-order valence-electron chi connectivity index (χ0n) is 35.9. The Morgan fingerprint density at radius 3 is 1.29 bits per heavy atom. The van der Waals surface area contributed by atoms with Crippen LogP contribution in [0.1, 0.15) is 124 Å². The van der Waals surface area contributed by atoms with Crippen molar-refractivity contribution in [1.29, 1.82) is 0 Å². The fourth-order valence-corrected chi connectivity index (χ4v) is 7.84. The van der Waals surface area contributed by atoms with Crippen LogP contribution in [0, 0.1) is 11.8 Å². The van der Waals surface area contributed by atoms with Crippen LogP contribution in [0.2, 0.25) is 10.0 Å². The van der Waals surface area contributed by atoms with Gasteiger partial charge < -0.3 is 29.9 Å². The lowest BCUT2D eigenvalue weighted by molar-refractivity contribution is 0.0178. The third kappa shape index (κ3) is 16.0. The van der Waals surface area contributed by atoms with Crippen molar-refractivity contribution in [3.63, 3.8) is 0 Å². The number of piperidine rings is 2. The Labute approximate surface area is 378 Å². The molecule has 2 atom stereocenters. The van der Waals surface area contributed by atoms with Crippen molar-refractivity contribution < 1.29 is 28.7 Å². The van der Waals surface area contributed by atoms with Crippen LogP contribution in [0.25, 0.3) is 0 Å². The first-order valence-corrected chi connectivity index (χ1v) is 22.1. The van der Waals surface area contributed by atoms with Gasteiger partial charge in [-0.1, -0.05) is 91.3 Å². The maximum absolute atomic E-state index is 12.8. The van der Waals surface area contributed by atoms with Gasteiger partial charge in [0.2, 0.25) is 0 Å².